The molecule has 0 heterocycles. The molecule has 0 bridgehead atoms. The van der Waals surface area contributed by atoms with Crippen LogP contribution in [0.2, 0.25) is 0 Å². The lowest BCUT2D eigenvalue weighted by Crippen LogP contribution is -2.14. The smallest absolute Gasteiger partial charge is 0.343 e. The van der Waals surface area contributed by atoms with Gasteiger partial charge in [-0.25, -0.2) is 4.79 Å². The molecule has 0 aromatic heterocycles. The van der Waals surface area contributed by atoms with Gasteiger partial charge >= 0.3 is 5.97 Å². The van der Waals surface area contributed by atoms with Crippen molar-refractivity contribution in [1.82, 2.24) is 0 Å². The van der Waals surface area contributed by atoms with Crippen LogP contribution in [0.15, 0.2) is 66.2 Å². The minimum Gasteiger partial charge on any atom is -0.497 e. The van der Waals surface area contributed by atoms with E-state index in [0.29, 0.717) is 11.3 Å². The number of carbonyl (C=O) groups is 2. The second-order valence-corrected chi connectivity index (χ2v) is 7.29. The molecule has 0 aliphatic heterocycles. The molecule has 37 heavy (non-hydrogen) atoms. The zero-order valence-electron chi connectivity index (χ0n) is 20.0. The highest BCUT2D eigenvalue weighted by atomic mass is 16.6. The van der Waals surface area contributed by atoms with Crippen LogP contribution in [0.3, 0.4) is 0 Å². The molecular formula is C26H21N3O8. The highest BCUT2D eigenvalue weighted by Gasteiger charge is 2.17. The molecule has 3 rings (SSSR count). The van der Waals surface area contributed by atoms with Crippen LogP contribution in [-0.2, 0) is 4.79 Å². The van der Waals surface area contributed by atoms with Gasteiger partial charge in [-0.2, -0.15) is 5.26 Å². The Bertz CT molecular complexity index is 1410. The van der Waals surface area contributed by atoms with Crippen LogP contribution in [0.25, 0.3) is 6.08 Å². The van der Waals surface area contributed by atoms with Crippen molar-refractivity contribution in [3.63, 3.8) is 0 Å². The maximum Gasteiger partial charge on any atom is 0.343 e. The van der Waals surface area contributed by atoms with Crippen molar-refractivity contribution >= 4 is 29.3 Å². The van der Waals surface area contributed by atoms with E-state index < -0.39 is 16.8 Å². The number of non-ortho nitro benzene ring substituents is 1. The summed E-state index contributed by atoms with van der Waals surface area (Å²) in [5.41, 5.74) is 0.292. The molecule has 3 aromatic rings. The molecule has 1 N–H and O–H groups in total. The first-order chi connectivity index (χ1) is 17.8. The van der Waals surface area contributed by atoms with Crippen LogP contribution < -0.4 is 24.3 Å². The molecule has 0 radical (unpaired) electrons. The molecule has 0 spiro atoms. The maximum atomic E-state index is 12.7. The van der Waals surface area contributed by atoms with Gasteiger partial charge in [0.1, 0.15) is 23.1 Å². The Hall–Kier alpha value is -5.37. The average Bonchev–Trinajstić information content (AvgIpc) is 2.91. The molecule has 11 nitrogen and oxygen atoms in total. The van der Waals surface area contributed by atoms with E-state index in [9.17, 15) is 25.0 Å². The van der Waals surface area contributed by atoms with E-state index in [0.717, 1.165) is 6.07 Å². The van der Waals surface area contributed by atoms with Crippen molar-refractivity contribution in [2.75, 3.05) is 26.6 Å². The van der Waals surface area contributed by atoms with Crippen LogP contribution in [0.5, 0.6) is 23.0 Å². The van der Waals surface area contributed by atoms with Gasteiger partial charge in [-0.3, -0.25) is 14.9 Å². The number of methoxy groups -OCH3 is 3. The quantitative estimate of drug-likeness (QED) is 0.112. The zero-order chi connectivity index (χ0) is 26.9. The Morgan fingerprint density at radius 3 is 2.22 bits per heavy atom. The highest BCUT2D eigenvalue weighted by Crippen LogP contribution is 2.31. The highest BCUT2D eigenvalue weighted by molar-refractivity contribution is 6.10. The largest absolute Gasteiger partial charge is 0.497 e. The molecular weight excluding hydrogens is 482 g/mol. The maximum absolute atomic E-state index is 12.7. The summed E-state index contributed by atoms with van der Waals surface area (Å²) in [6.45, 7) is 0. The van der Waals surface area contributed by atoms with Crippen LogP contribution in [0.1, 0.15) is 15.9 Å². The number of rotatable bonds is 9. The summed E-state index contributed by atoms with van der Waals surface area (Å²) in [5.74, 6) is -0.454. The normalized spacial score (nSPS) is 10.6. The molecule has 1 amide bonds. The van der Waals surface area contributed by atoms with Crippen molar-refractivity contribution in [3.8, 4) is 29.1 Å². The number of nitriles is 1. The average molecular weight is 503 g/mol. The molecule has 0 saturated heterocycles. The van der Waals surface area contributed by atoms with Crippen LogP contribution in [0, 0.1) is 21.4 Å². The number of hydrogen-bond donors (Lipinski definition) is 1. The van der Waals surface area contributed by atoms with E-state index in [-0.39, 0.29) is 39.8 Å². The van der Waals surface area contributed by atoms with Crippen molar-refractivity contribution in [2.45, 2.75) is 0 Å². The second kappa shape index (κ2) is 11.9. The summed E-state index contributed by atoms with van der Waals surface area (Å²) in [7, 11) is 4.21. The predicted molar refractivity (Wildman–Crippen MR) is 133 cm³/mol. The van der Waals surface area contributed by atoms with E-state index in [2.05, 4.69) is 5.32 Å². The second-order valence-electron chi connectivity index (χ2n) is 7.29. The number of carbonyl (C=O) groups excluding carboxylic acids is 2. The fourth-order valence-corrected chi connectivity index (χ4v) is 3.15. The third-order valence-electron chi connectivity index (χ3n) is 5.04. The molecule has 0 aliphatic carbocycles. The summed E-state index contributed by atoms with van der Waals surface area (Å²) in [6.07, 6.45) is 1.29. The molecule has 188 valence electrons. The zero-order valence-corrected chi connectivity index (χ0v) is 20.0. The molecule has 0 atom stereocenters. The number of nitro groups is 1. The Balaban J connectivity index is 1.85. The van der Waals surface area contributed by atoms with E-state index in [1.807, 2.05) is 6.07 Å². The number of hydrogen-bond acceptors (Lipinski definition) is 9. The SMILES string of the molecule is COc1ccc(C(=O)Oc2cc(/C=C(/C#N)C(=O)Nc3ccc([N+](=O)[O-])cc3OC)ccc2OC)cc1. The Morgan fingerprint density at radius 1 is 0.919 bits per heavy atom. The number of anilines is 1. The molecule has 0 unspecified atom stereocenters. The van der Waals surface area contributed by atoms with E-state index in [4.69, 9.17) is 18.9 Å². The summed E-state index contributed by atoms with van der Waals surface area (Å²) in [5, 5.41) is 23.0. The lowest BCUT2D eigenvalue weighted by Gasteiger charge is -2.11. The van der Waals surface area contributed by atoms with Crippen LogP contribution in [-0.4, -0.2) is 38.1 Å². The first-order valence-corrected chi connectivity index (χ1v) is 10.6. The van der Waals surface area contributed by atoms with Crippen molar-refractivity contribution in [1.29, 1.82) is 5.26 Å². The van der Waals surface area contributed by atoms with Crippen molar-refractivity contribution < 1.29 is 33.5 Å². The predicted octanol–water partition coefficient (Wildman–Crippen LogP) is 4.39. The first kappa shape index (κ1) is 26.2. The molecule has 3 aromatic carbocycles. The van der Waals surface area contributed by atoms with Crippen molar-refractivity contribution in [2.24, 2.45) is 0 Å². The summed E-state index contributed by atoms with van der Waals surface area (Å²) >= 11 is 0. The van der Waals surface area contributed by atoms with Crippen molar-refractivity contribution in [3.05, 3.63) is 87.5 Å². The number of ether oxygens (including phenoxy) is 4. The molecule has 11 heteroatoms. The minimum absolute atomic E-state index is 0.0528. The standard InChI is InChI=1S/C26H21N3O8/c1-34-20-8-5-17(6-9-20)26(31)37-24-13-16(4-11-22(24)35-2)12-18(15-27)25(30)28-21-10-7-19(29(32)33)14-23(21)36-3/h4-14H,1-3H3,(H,28,30)/b18-12-. The topological polar surface area (TPSA) is 150 Å². The number of benzene rings is 3. The Morgan fingerprint density at radius 2 is 1.62 bits per heavy atom. The first-order valence-electron chi connectivity index (χ1n) is 10.6. The molecule has 0 aliphatic rings. The number of nitrogens with zero attached hydrogens (tertiary/aromatic N) is 2. The van der Waals surface area contributed by atoms with Crippen LogP contribution >= 0.6 is 0 Å². The number of esters is 1. The van der Waals surface area contributed by atoms with Gasteiger partial charge in [0, 0.05) is 6.07 Å². The fourth-order valence-electron chi connectivity index (χ4n) is 3.15. The summed E-state index contributed by atoms with van der Waals surface area (Å²) < 4.78 is 20.9. The molecule has 0 saturated carbocycles. The number of nitrogens with one attached hydrogen (secondary N) is 1. The van der Waals surface area contributed by atoms with Gasteiger partial charge in [0.15, 0.2) is 11.5 Å². The lowest BCUT2D eigenvalue weighted by molar-refractivity contribution is -0.384. The van der Waals surface area contributed by atoms with E-state index >= 15 is 0 Å². The monoisotopic (exact) mass is 503 g/mol. The van der Waals surface area contributed by atoms with Gasteiger partial charge in [-0.1, -0.05) is 6.07 Å². The van der Waals surface area contributed by atoms with E-state index in [1.165, 1.54) is 51.7 Å². The van der Waals surface area contributed by atoms with Gasteiger partial charge in [0.25, 0.3) is 11.6 Å². The van der Waals surface area contributed by atoms with Gasteiger partial charge < -0.3 is 24.3 Å². The van der Waals surface area contributed by atoms with Gasteiger partial charge in [0.2, 0.25) is 0 Å². The summed E-state index contributed by atoms with van der Waals surface area (Å²) in [4.78, 5) is 35.7. The summed E-state index contributed by atoms with van der Waals surface area (Å²) in [6, 6.07) is 16.3. The van der Waals surface area contributed by atoms with E-state index in [1.54, 1.807) is 30.3 Å². The van der Waals surface area contributed by atoms with Crippen LogP contribution in [0.4, 0.5) is 11.4 Å². The fraction of sp³-hybridized carbons (Fsp3) is 0.115. The third kappa shape index (κ3) is 6.40. The Kier molecular flexibility index (Phi) is 8.41. The lowest BCUT2D eigenvalue weighted by atomic mass is 10.1. The minimum atomic E-state index is -0.776. The van der Waals surface area contributed by atoms with Gasteiger partial charge in [0.05, 0.1) is 43.6 Å². The Labute approximate surface area is 211 Å². The third-order valence-corrected chi connectivity index (χ3v) is 5.04. The number of amides is 1. The number of nitro benzene ring substituents is 1. The van der Waals surface area contributed by atoms with Gasteiger partial charge in [-0.05, 0) is 54.1 Å². The molecule has 0 fully saturated rings. The van der Waals surface area contributed by atoms with Gasteiger partial charge in [-0.15, -0.1) is 0 Å².